The average molecular weight is 405 g/mol. The fourth-order valence-corrected chi connectivity index (χ4v) is 5.91. The third kappa shape index (κ3) is 3.43. The molecule has 0 unspecified atom stereocenters. The Bertz CT molecular complexity index is 1100. The summed E-state index contributed by atoms with van der Waals surface area (Å²) < 4.78 is 27.2. The van der Waals surface area contributed by atoms with Crippen molar-refractivity contribution in [3.05, 3.63) is 58.0 Å². The Morgan fingerprint density at radius 2 is 1.85 bits per heavy atom. The van der Waals surface area contributed by atoms with Gasteiger partial charge in [0.15, 0.2) is 0 Å². The number of benzene rings is 1. The second-order valence-electron chi connectivity index (χ2n) is 6.52. The van der Waals surface area contributed by atoms with Gasteiger partial charge in [-0.15, -0.1) is 11.3 Å². The van der Waals surface area contributed by atoms with Gasteiger partial charge in [0, 0.05) is 26.2 Å². The fraction of sp³-hybridized carbons (Fsp3) is 0.333. The van der Waals surface area contributed by atoms with Crippen molar-refractivity contribution in [1.29, 1.82) is 0 Å². The van der Waals surface area contributed by atoms with Gasteiger partial charge < -0.3 is 4.98 Å². The number of nitrogens with zero attached hydrogens (tertiary/aromatic N) is 3. The van der Waals surface area contributed by atoms with E-state index in [-0.39, 0.29) is 11.6 Å². The molecule has 0 amide bonds. The van der Waals surface area contributed by atoms with E-state index in [9.17, 15) is 13.2 Å². The van der Waals surface area contributed by atoms with Crippen LogP contribution in [0.15, 0.2) is 50.8 Å². The SMILES string of the molecule is C[C@H](c1nc2ccccc2c(=O)[nH]1)N1CCN(S(=O)(=O)c2cccs2)CC1. The lowest BCUT2D eigenvalue weighted by Gasteiger charge is -2.36. The number of piperazine rings is 1. The van der Waals surface area contributed by atoms with E-state index >= 15 is 0 Å². The molecule has 142 valence electrons. The molecule has 1 atom stereocenters. The summed E-state index contributed by atoms with van der Waals surface area (Å²) in [5.41, 5.74) is 0.517. The van der Waals surface area contributed by atoms with Crippen LogP contribution in [0.4, 0.5) is 0 Å². The molecular weight excluding hydrogens is 384 g/mol. The van der Waals surface area contributed by atoms with Crippen LogP contribution in [0, 0.1) is 0 Å². The minimum Gasteiger partial charge on any atom is -0.309 e. The maximum absolute atomic E-state index is 12.6. The van der Waals surface area contributed by atoms with E-state index in [1.807, 2.05) is 25.1 Å². The van der Waals surface area contributed by atoms with E-state index in [4.69, 9.17) is 0 Å². The smallest absolute Gasteiger partial charge is 0.258 e. The topological polar surface area (TPSA) is 86.4 Å². The Kier molecular flexibility index (Phi) is 4.85. The van der Waals surface area contributed by atoms with E-state index in [1.54, 1.807) is 23.6 Å². The lowest BCUT2D eigenvalue weighted by Crippen LogP contribution is -2.49. The van der Waals surface area contributed by atoms with E-state index in [1.165, 1.54) is 15.6 Å². The zero-order valence-electron chi connectivity index (χ0n) is 14.8. The second-order valence-corrected chi connectivity index (χ2v) is 9.63. The molecule has 0 radical (unpaired) electrons. The predicted molar refractivity (Wildman–Crippen MR) is 105 cm³/mol. The minimum absolute atomic E-state index is 0.103. The molecule has 27 heavy (non-hydrogen) atoms. The summed E-state index contributed by atoms with van der Waals surface area (Å²) in [4.78, 5) is 21.9. The first-order chi connectivity index (χ1) is 13.0. The summed E-state index contributed by atoms with van der Waals surface area (Å²) in [5, 5.41) is 2.34. The van der Waals surface area contributed by atoms with Gasteiger partial charge in [0.25, 0.3) is 15.6 Å². The number of sulfonamides is 1. The highest BCUT2D eigenvalue weighted by Gasteiger charge is 2.31. The highest BCUT2D eigenvalue weighted by atomic mass is 32.2. The van der Waals surface area contributed by atoms with Crippen molar-refractivity contribution in [1.82, 2.24) is 19.2 Å². The second kappa shape index (κ2) is 7.16. The molecule has 0 bridgehead atoms. The van der Waals surface area contributed by atoms with Crippen molar-refractivity contribution in [2.24, 2.45) is 0 Å². The number of rotatable bonds is 4. The van der Waals surface area contributed by atoms with Crippen molar-refractivity contribution in [2.45, 2.75) is 17.2 Å². The van der Waals surface area contributed by atoms with Gasteiger partial charge in [-0.1, -0.05) is 18.2 Å². The highest BCUT2D eigenvalue weighted by Crippen LogP contribution is 2.25. The molecule has 0 aliphatic carbocycles. The molecule has 1 aliphatic rings. The van der Waals surface area contributed by atoms with Crippen LogP contribution in [0.25, 0.3) is 10.9 Å². The Morgan fingerprint density at radius 3 is 2.56 bits per heavy atom. The normalized spacial score (nSPS) is 18.0. The van der Waals surface area contributed by atoms with Gasteiger partial charge >= 0.3 is 0 Å². The molecule has 1 fully saturated rings. The molecule has 0 spiro atoms. The average Bonchev–Trinajstić information content (AvgIpc) is 3.23. The molecule has 1 aromatic carbocycles. The number of nitrogens with one attached hydrogen (secondary N) is 1. The van der Waals surface area contributed by atoms with Crippen LogP contribution in [-0.2, 0) is 10.0 Å². The molecular formula is C18H20N4O3S2. The Morgan fingerprint density at radius 1 is 1.11 bits per heavy atom. The van der Waals surface area contributed by atoms with Crippen molar-refractivity contribution in [3.63, 3.8) is 0 Å². The first-order valence-electron chi connectivity index (χ1n) is 8.73. The summed E-state index contributed by atoms with van der Waals surface area (Å²) in [6, 6.07) is 10.5. The first-order valence-corrected chi connectivity index (χ1v) is 11.1. The van der Waals surface area contributed by atoms with Crippen molar-refractivity contribution in [3.8, 4) is 0 Å². The standard InChI is InChI=1S/C18H20N4O3S2/c1-13(17-19-15-6-3-2-5-14(15)18(23)20-17)21-8-10-22(11-9-21)27(24,25)16-7-4-12-26-16/h2-7,12-13H,8-11H2,1H3,(H,19,20,23)/t13-/m1/s1. The molecule has 1 N–H and O–H groups in total. The zero-order chi connectivity index (χ0) is 19.0. The van der Waals surface area contributed by atoms with Crippen LogP contribution < -0.4 is 5.56 Å². The van der Waals surface area contributed by atoms with Gasteiger partial charge in [-0.05, 0) is 30.5 Å². The summed E-state index contributed by atoms with van der Waals surface area (Å²) in [7, 11) is -3.42. The largest absolute Gasteiger partial charge is 0.309 e. The van der Waals surface area contributed by atoms with Crippen molar-refractivity contribution < 1.29 is 8.42 Å². The van der Waals surface area contributed by atoms with Crippen LogP contribution >= 0.6 is 11.3 Å². The van der Waals surface area contributed by atoms with Crippen LogP contribution in [0.2, 0.25) is 0 Å². The van der Waals surface area contributed by atoms with Gasteiger partial charge in [-0.3, -0.25) is 9.69 Å². The Balaban J connectivity index is 1.51. The number of hydrogen-bond donors (Lipinski definition) is 1. The number of fused-ring (bicyclic) bond motifs is 1. The molecule has 0 saturated carbocycles. The van der Waals surface area contributed by atoms with E-state index in [2.05, 4.69) is 14.9 Å². The highest BCUT2D eigenvalue weighted by molar-refractivity contribution is 7.91. The first kappa shape index (κ1) is 18.3. The Hall–Kier alpha value is -2.07. The molecule has 2 aromatic heterocycles. The van der Waals surface area contributed by atoms with Gasteiger partial charge in [0.2, 0.25) is 0 Å². The number of thiophene rings is 1. The van der Waals surface area contributed by atoms with Crippen LogP contribution in [0.5, 0.6) is 0 Å². The van der Waals surface area contributed by atoms with Crippen molar-refractivity contribution >= 4 is 32.3 Å². The predicted octanol–water partition coefficient (Wildman–Crippen LogP) is 2.05. The third-order valence-electron chi connectivity index (χ3n) is 4.94. The zero-order valence-corrected chi connectivity index (χ0v) is 16.5. The van der Waals surface area contributed by atoms with Crippen LogP contribution in [0.3, 0.4) is 0 Å². The molecule has 7 nitrogen and oxygen atoms in total. The van der Waals surface area contributed by atoms with E-state index in [0.717, 1.165) is 0 Å². The van der Waals surface area contributed by atoms with Crippen LogP contribution in [0.1, 0.15) is 18.8 Å². The fourth-order valence-electron chi connectivity index (χ4n) is 3.34. The Labute approximate surface area is 161 Å². The molecule has 1 saturated heterocycles. The third-order valence-corrected chi connectivity index (χ3v) is 8.21. The number of H-pyrrole nitrogens is 1. The quantitative estimate of drug-likeness (QED) is 0.719. The molecule has 1 aliphatic heterocycles. The van der Waals surface area contributed by atoms with Gasteiger partial charge in [0.05, 0.1) is 16.9 Å². The lowest BCUT2D eigenvalue weighted by molar-refractivity contribution is 0.141. The van der Waals surface area contributed by atoms with E-state index < -0.39 is 10.0 Å². The molecule has 9 heteroatoms. The molecule has 4 rings (SSSR count). The monoisotopic (exact) mass is 404 g/mol. The van der Waals surface area contributed by atoms with Gasteiger partial charge in [0.1, 0.15) is 10.0 Å². The van der Waals surface area contributed by atoms with Crippen LogP contribution in [-0.4, -0.2) is 53.8 Å². The van der Waals surface area contributed by atoms with Gasteiger partial charge in [-0.25, -0.2) is 13.4 Å². The number of aromatic amines is 1. The molecule has 3 aromatic rings. The summed E-state index contributed by atoms with van der Waals surface area (Å²) >= 11 is 1.24. The number of hydrogen-bond acceptors (Lipinski definition) is 6. The molecule has 3 heterocycles. The number of aromatic nitrogens is 2. The van der Waals surface area contributed by atoms with E-state index in [0.29, 0.717) is 47.1 Å². The summed E-state index contributed by atoms with van der Waals surface area (Å²) in [6.07, 6.45) is 0. The number of para-hydroxylation sites is 1. The summed E-state index contributed by atoms with van der Waals surface area (Å²) in [6.45, 7) is 3.99. The minimum atomic E-state index is -3.42. The van der Waals surface area contributed by atoms with Crippen molar-refractivity contribution in [2.75, 3.05) is 26.2 Å². The summed E-state index contributed by atoms with van der Waals surface area (Å²) in [5.74, 6) is 0.605. The lowest BCUT2D eigenvalue weighted by atomic mass is 10.2. The maximum atomic E-state index is 12.6. The van der Waals surface area contributed by atoms with Gasteiger partial charge in [-0.2, -0.15) is 4.31 Å². The maximum Gasteiger partial charge on any atom is 0.258 e.